The molecule has 8 heteroatoms. The lowest BCUT2D eigenvalue weighted by molar-refractivity contribution is -0.120. The first-order chi connectivity index (χ1) is 13.7. The molecule has 0 aliphatic carbocycles. The zero-order chi connectivity index (χ0) is 19.3. The van der Waals surface area contributed by atoms with Gasteiger partial charge in [0.15, 0.2) is 5.58 Å². The number of benzene rings is 1. The van der Waals surface area contributed by atoms with Gasteiger partial charge in [0, 0.05) is 25.4 Å². The smallest absolute Gasteiger partial charge is 0.298 e. The highest BCUT2D eigenvalue weighted by Gasteiger charge is 2.27. The summed E-state index contributed by atoms with van der Waals surface area (Å²) in [4.78, 5) is 19.3. The predicted molar refractivity (Wildman–Crippen MR) is 111 cm³/mol. The van der Waals surface area contributed by atoms with Crippen molar-refractivity contribution in [1.82, 2.24) is 15.2 Å². The van der Waals surface area contributed by atoms with Crippen molar-refractivity contribution in [2.24, 2.45) is 5.92 Å². The molecule has 0 unspecified atom stereocenters. The van der Waals surface area contributed by atoms with Crippen molar-refractivity contribution in [2.75, 3.05) is 23.3 Å². The number of nitrogens with one attached hydrogen (secondary N) is 1. The van der Waals surface area contributed by atoms with Crippen molar-refractivity contribution >= 4 is 39.5 Å². The third-order valence-corrected chi connectivity index (χ3v) is 6.01. The van der Waals surface area contributed by atoms with E-state index in [0.29, 0.717) is 11.1 Å². The van der Waals surface area contributed by atoms with Gasteiger partial charge in [0.05, 0.1) is 0 Å². The third kappa shape index (κ3) is 4.32. The molecule has 7 nitrogen and oxygen atoms in total. The number of amides is 1. The second-order valence-electron chi connectivity index (χ2n) is 7.17. The Balaban J connectivity index is 1.29. The van der Waals surface area contributed by atoms with Crippen molar-refractivity contribution in [2.45, 2.75) is 45.4 Å². The molecule has 1 amide bonds. The molecular weight excluding hydrogens is 374 g/mol. The van der Waals surface area contributed by atoms with Crippen LogP contribution in [-0.2, 0) is 11.2 Å². The van der Waals surface area contributed by atoms with E-state index in [1.165, 1.54) is 24.2 Å². The summed E-state index contributed by atoms with van der Waals surface area (Å²) in [5.41, 5.74) is 1.66. The molecular formula is C20H25N5O2S. The van der Waals surface area contributed by atoms with Gasteiger partial charge in [-0.25, -0.2) is 0 Å². The fourth-order valence-corrected chi connectivity index (χ4v) is 4.25. The number of fused-ring (bicyclic) bond motifs is 1. The van der Waals surface area contributed by atoms with Gasteiger partial charge in [0.1, 0.15) is 10.5 Å². The summed E-state index contributed by atoms with van der Waals surface area (Å²) < 4.78 is 5.84. The minimum Gasteiger partial charge on any atom is -0.423 e. The number of piperidine rings is 1. The van der Waals surface area contributed by atoms with Gasteiger partial charge in [-0.1, -0.05) is 43.2 Å². The molecule has 1 aromatic carbocycles. The maximum absolute atomic E-state index is 12.6. The Morgan fingerprint density at radius 3 is 2.86 bits per heavy atom. The molecule has 0 atom stereocenters. The van der Waals surface area contributed by atoms with Crippen LogP contribution < -0.4 is 10.2 Å². The van der Waals surface area contributed by atoms with Crippen molar-refractivity contribution in [3.63, 3.8) is 0 Å². The van der Waals surface area contributed by atoms with Gasteiger partial charge >= 0.3 is 0 Å². The van der Waals surface area contributed by atoms with E-state index in [9.17, 15) is 4.79 Å². The number of hydrogen-bond acceptors (Lipinski definition) is 7. The normalized spacial score (nSPS) is 15.2. The van der Waals surface area contributed by atoms with Crippen LogP contribution in [0.15, 0.2) is 28.7 Å². The van der Waals surface area contributed by atoms with Crippen molar-refractivity contribution in [3.05, 3.63) is 29.3 Å². The quantitative estimate of drug-likeness (QED) is 0.598. The Hall–Kier alpha value is -2.48. The highest BCUT2D eigenvalue weighted by molar-refractivity contribution is 7.15. The monoisotopic (exact) mass is 399 g/mol. The topological polar surface area (TPSA) is 84.2 Å². The molecule has 1 aliphatic heterocycles. The van der Waals surface area contributed by atoms with Gasteiger partial charge in [0.25, 0.3) is 6.01 Å². The zero-order valence-corrected chi connectivity index (χ0v) is 16.9. The Bertz CT molecular complexity index is 896. The fraction of sp³-hybridized carbons (Fsp3) is 0.500. The number of hydrogen-bond donors (Lipinski definition) is 1. The van der Waals surface area contributed by atoms with E-state index in [1.807, 2.05) is 24.3 Å². The molecule has 0 saturated carbocycles. The Morgan fingerprint density at radius 1 is 1.25 bits per heavy atom. The number of anilines is 2. The summed E-state index contributed by atoms with van der Waals surface area (Å²) in [6, 6.07) is 8.40. The van der Waals surface area contributed by atoms with E-state index in [0.717, 1.165) is 54.9 Å². The average molecular weight is 400 g/mol. The molecule has 1 saturated heterocycles. The lowest BCUT2D eigenvalue weighted by atomic mass is 9.96. The second-order valence-corrected chi connectivity index (χ2v) is 8.23. The first kappa shape index (κ1) is 18.9. The Morgan fingerprint density at radius 2 is 2.07 bits per heavy atom. The third-order valence-electron chi connectivity index (χ3n) is 5.11. The summed E-state index contributed by atoms with van der Waals surface area (Å²) in [7, 11) is 0. The van der Waals surface area contributed by atoms with Gasteiger partial charge in [0.2, 0.25) is 11.0 Å². The van der Waals surface area contributed by atoms with Crippen LogP contribution in [0.1, 0.15) is 44.0 Å². The first-order valence-corrected chi connectivity index (χ1v) is 10.8. The zero-order valence-electron chi connectivity index (χ0n) is 16.1. The van der Waals surface area contributed by atoms with E-state index >= 15 is 0 Å². The number of aryl methyl sites for hydroxylation is 1. The van der Waals surface area contributed by atoms with Crippen molar-refractivity contribution in [1.29, 1.82) is 0 Å². The number of nitrogens with zero attached hydrogens (tertiary/aromatic N) is 4. The highest BCUT2D eigenvalue weighted by atomic mass is 32.1. The number of para-hydroxylation sites is 2. The number of aromatic nitrogens is 3. The van der Waals surface area contributed by atoms with E-state index in [-0.39, 0.29) is 11.8 Å². The van der Waals surface area contributed by atoms with Crippen LogP contribution in [0.2, 0.25) is 0 Å². The molecule has 0 radical (unpaired) electrons. The molecule has 148 valence electrons. The van der Waals surface area contributed by atoms with Crippen LogP contribution in [-0.4, -0.2) is 34.2 Å². The number of carbonyl (C=O) groups excluding carboxylic acids is 1. The lowest BCUT2D eigenvalue weighted by Gasteiger charge is -2.29. The van der Waals surface area contributed by atoms with E-state index in [1.54, 1.807) is 0 Å². The van der Waals surface area contributed by atoms with Crippen molar-refractivity contribution in [3.8, 4) is 0 Å². The molecule has 2 aromatic heterocycles. The minimum absolute atomic E-state index is 0.0203. The number of carbonyl (C=O) groups is 1. The molecule has 0 spiro atoms. The van der Waals surface area contributed by atoms with E-state index in [4.69, 9.17) is 4.42 Å². The average Bonchev–Trinajstić information content (AvgIpc) is 3.35. The number of oxazole rings is 1. The van der Waals surface area contributed by atoms with Crippen LogP contribution in [0, 0.1) is 5.92 Å². The SMILES string of the molecule is CCCCCc1nnc(NC(=O)C2CCN(c3nc4ccccc4o3)CC2)s1. The van der Waals surface area contributed by atoms with E-state index < -0.39 is 0 Å². The molecule has 1 N–H and O–H groups in total. The van der Waals surface area contributed by atoms with Gasteiger partial charge in [-0.05, 0) is 31.4 Å². The molecule has 4 rings (SSSR count). The largest absolute Gasteiger partial charge is 0.423 e. The fourth-order valence-electron chi connectivity index (χ4n) is 3.47. The minimum atomic E-state index is -0.0203. The maximum atomic E-state index is 12.6. The molecule has 28 heavy (non-hydrogen) atoms. The molecule has 1 aliphatic rings. The molecule has 3 aromatic rings. The second kappa shape index (κ2) is 8.68. The van der Waals surface area contributed by atoms with Crippen LogP contribution in [0.25, 0.3) is 11.1 Å². The lowest BCUT2D eigenvalue weighted by Crippen LogP contribution is -2.38. The van der Waals surface area contributed by atoms with Crippen LogP contribution in [0.4, 0.5) is 11.1 Å². The van der Waals surface area contributed by atoms with Crippen LogP contribution in [0.3, 0.4) is 0 Å². The van der Waals surface area contributed by atoms with Crippen LogP contribution >= 0.6 is 11.3 Å². The Labute approximate surface area is 168 Å². The van der Waals surface area contributed by atoms with Gasteiger partial charge in [-0.2, -0.15) is 4.98 Å². The van der Waals surface area contributed by atoms with Crippen molar-refractivity contribution < 1.29 is 9.21 Å². The van der Waals surface area contributed by atoms with Gasteiger partial charge < -0.3 is 14.6 Å². The maximum Gasteiger partial charge on any atom is 0.298 e. The van der Waals surface area contributed by atoms with Gasteiger partial charge in [-0.3, -0.25) is 4.79 Å². The Kier molecular flexibility index (Phi) is 5.85. The summed E-state index contributed by atoms with van der Waals surface area (Å²) in [5, 5.41) is 12.9. The standard InChI is InChI=1S/C20H25N5O2S/c1-2-3-4-9-17-23-24-19(28-17)22-18(26)14-10-12-25(13-11-14)20-21-15-7-5-6-8-16(15)27-20/h5-8,14H,2-4,9-13H2,1H3,(H,22,24,26). The highest BCUT2D eigenvalue weighted by Crippen LogP contribution is 2.27. The molecule has 0 bridgehead atoms. The summed E-state index contributed by atoms with van der Waals surface area (Å²) >= 11 is 1.49. The van der Waals surface area contributed by atoms with E-state index in [2.05, 4.69) is 32.3 Å². The molecule has 3 heterocycles. The van der Waals surface area contributed by atoms with Gasteiger partial charge in [-0.15, -0.1) is 10.2 Å². The number of unbranched alkanes of at least 4 members (excludes halogenated alkanes) is 2. The molecule has 1 fully saturated rings. The van der Waals surface area contributed by atoms with Crippen LogP contribution in [0.5, 0.6) is 0 Å². The summed E-state index contributed by atoms with van der Waals surface area (Å²) in [6.45, 7) is 3.69. The summed E-state index contributed by atoms with van der Waals surface area (Å²) in [5.74, 6) is 0.0153. The first-order valence-electron chi connectivity index (χ1n) is 9.96. The summed E-state index contributed by atoms with van der Waals surface area (Å²) in [6.07, 6.45) is 5.97. The predicted octanol–water partition coefficient (Wildman–Crippen LogP) is 4.27. The number of rotatable bonds is 7.